The second kappa shape index (κ2) is 6.61. The van der Waals surface area contributed by atoms with Gasteiger partial charge in [0.05, 0.1) is 10.2 Å². The molecule has 0 spiro atoms. The van der Waals surface area contributed by atoms with E-state index < -0.39 is 0 Å². The minimum absolute atomic E-state index is 0.396. The molecule has 2 aromatic rings. The Hall–Kier alpha value is -1.04. The molecule has 0 aliphatic carbocycles. The van der Waals surface area contributed by atoms with Gasteiger partial charge in [-0.05, 0) is 53.5 Å². The standard InChI is InChI=1S/C14H17BrClN3O/c1-9-11(14(16)19(2)18-9)8-20-13-4-3-10(5-6-17)7-12(13)15/h3-4,7H,5-6,8,17H2,1-2H3. The number of nitrogens with zero attached hydrogens (tertiary/aromatic N) is 2. The molecule has 0 radical (unpaired) electrons. The maximum atomic E-state index is 6.18. The van der Waals surface area contributed by atoms with Crippen molar-refractivity contribution in [1.82, 2.24) is 9.78 Å². The van der Waals surface area contributed by atoms with Gasteiger partial charge in [-0.25, -0.2) is 0 Å². The predicted octanol–water partition coefficient (Wildman–Crippen LogP) is 3.22. The highest BCUT2D eigenvalue weighted by atomic mass is 79.9. The number of rotatable bonds is 5. The third kappa shape index (κ3) is 3.34. The molecule has 20 heavy (non-hydrogen) atoms. The van der Waals surface area contributed by atoms with Gasteiger partial charge in [-0.15, -0.1) is 0 Å². The van der Waals surface area contributed by atoms with Gasteiger partial charge in [0.15, 0.2) is 0 Å². The monoisotopic (exact) mass is 357 g/mol. The van der Waals surface area contributed by atoms with Crippen LogP contribution in [0.25, 0.3) is 0 Å². The summed E-state index contributed by atoms with van der Waals surface area (Å²) in [6, 6.07) is 5.99. The average molecular weight is 359 g/mol. The summed E-state index contributed by atoms with van der Waals surface area (Å²) in [7, 11) is 1.82. The fraction of sp³-hybridized carbons (Fsp3) is 0.357. The highest BCUT2D eigenvalue weighted by Gasteiger charge is 2.12. The van der Waals surface area contributed by atoms with Crippen molar-refractivity contribution < 1.29 is 4.74 Å². The lowest BCUT2D eigenvalue weighted by Crippen LogP contribution is -2.03. The number of aromatic nitrogens is 2. The summed E-state index contributed by atoms with van der Waals surface area (Å²) in [5.74, 6) is 0.782. The molecule has 0 saturated carbocycles. The van der Waals surface area contributed by atoms with Crippen LogP contribution in [-0.2, 0) is 20.1 Å². The zero-order valence-corrected chi connectivity index (χ0v) is 13.8. The Bertz CT molecular complexity index is 613. The van der Waals surface area contributed by atoms with Crippen LogP contribution in [0.5, 0.6) is 5.75 Å². The minimum atomic E-state index is 0.396. The molecule has 0 aliphatic rings. The third-order valence-electron chi connectivity index (χ3n) is 3.07. The quantitative estimate of drug-likeness (QED) is 0.893. The van der Waals surface area contributed by atoms with Crippen molar-refractivity contribution in [1.29, 1.82) is 0 Å². The normalized spacial score (nSPS) is 10.8. The van der Waals surface area contributed by atoms with Crippen LogP contribution in [0.2, 0.25) is 5.15 Å². The lowest BCUT2D eigenvalue weighted by molar-refractivity contribution is 0.303. The molecule has 2 rings (SSSR count). The summed E-state index contributed by atoms with van der Waals surface area (Å²) in [4.78, 5) is 0. The van der Waals surface area contributed by atoms with Gasteiger partial charge >= 0.3 is 0 Å². The van der Waals surface area contributed by atoms with E-state index in [1.165, 1.54) is 5.56 Å². The van der Waals surface area contributed by atoms with Crippen molar-refractivity contribution in [3.8, 4) is 5.75 Å². The van der Waals surface area contributed by atoms with E-state index in [2.05, 4.69) is 21.0 Å². The Balaban J connectivity index is 2.11. The molecule has 2 N–H and O–H groups in total. The average Bonchev–Trinajstić information content (AvgIpc) is 2.64. The van der Waals surface area contributed by atoms with Crippen LogP contribution in [0.15, 0.2) is 22.7 Å². The molecule has 108 valence electrons. The summed E-state index contributed by atoms with van der Waals surface area (Å²) in [6.45, 7) is 2.95. The van der Waals surface area contributed by atoms with Gasteiger partial charge < -0.3 is 10.5 Å². The fourth-order valence-electron chi connectivity index (χ4n) is 1.97. The highest BCUT2D eigenvalue weighted by molar-refractivity contribution is 9.10. The number of hydrogen-bond acceptors (Lipinski definition) is 3. The number of halogens is 2. The first-order valence-electron chi connectivity index (χ1n) is 6.32. The van der Waals surface area contributed by atoms with Crippen molar-refractivity contribution in [2.45, 2.75) is 20.0 Å². The van der Waals surface area contributed by atoms with Crippen molar-refractivity contribution >= 4 is 27.5 Å². The second-order valence-corrected chi connectivity index (χ2v) is 5.78. The maximum absolute atomic E-state index is 6.18. The molecule has 0 unspecified atom stereocenters. The van der Waals surface area contributed by atoms with E-state index in [-0.39, 0.29) is 0 Å². The number of benzene rings is 1. The predicted molar refractivity (Wildman–Crippen MR) is 84.2 cm³/mol. The molecule has 1 heterocycles. The van der Waals surface area contributed by atoms with E-state index >= 15 is 0 Å². The number of aryl methyl sites for hydroxylation is 2. The number of hydrogen-bond donors (Lipinski definition) is 1. The molecule has 1 aromatic carbocycles. The molecule has 0 bridgehead atoms. The first-order valence-corrected chi connectivity index (χ1v) is 7.49. The van der Waals surface area contributed by atoms with Crippen molar-refractivity contribution in [2.75, 3.05) is 6.54 Å². The van der Waals surface area contributed by atoms with E-state index in [1.807, 2.05) is 32.2 Å². The van der Waals surface area contributed by atoms with Gasteiger partial charge in [0, 0.05) is 12.6 Å². The summed E-state index contributed by atoms with van der Waals surface area (Å²) in [5, 5.41) is 4.87. The first-order chi connectivity index (χ1) is 9.52. The molecule has 0 fully saturated rings. The van der Waals surface area contributed by atoms with E-state index in [4.69, 9.17) is 22.1 Å². The molecule has 0 aliphatic heterocycles. The van der Waals surface area contributed by atoms with Crippen LogP contribution in [0.1, 0.15) is 16.8 Å². The van der Waals surface area contributed by atoms with E-state index in [9.17, 15) is 0 Å². The number of nitrogens with two attached hydrogens (primary N) is 1. The van der Waals surface area contributed by atoms with E-state index in [1.54, 1.807) is 4.68 Å². The molecular weight excluding hydrogens is 342 g/mol. The molecular formula is C14H17BrClN3O. The van der Waals surface area contributed by atoms with Gasteiger partial charge in [-0.2, -0.15) is 5.10 Å². The molecule has 0 saturated heterocycles. The van der Waals surface area contributed by atoms with Crippen LogP contribution in [0.4, 0.5) is 0 Å². The Morgan fingerprint density at radius 3 is 2.75 bits per heavy atom. The smallest absolute Gasteiger partial charge is 0.134 e. The van der Waals surface area contributed by atoms with Gasteiger partial charge in [-0.3, -0.25) is 4.68 Å². The molecule has 0 amide bonds. The third-order valence-corrected chi connectivity index (χ3v) is 4.16. The SMILES string of the molecule is Cc1nn(C)c(Cl)c1COc1ccc(CCN)cc1Br. The second-order valence-electron chi connectivity index (χ2n) is 4.57. The lowest BCUT2D eigenvalue weighted by Gasteiger charge is -2.09. The topological polar surface area (TPSA) is 53.1 Å². The molecule has 1 aromatic heterocycles. The van der Waals surface area contributed by atoms with Crippen molar-refractivity contribution in [3.05, 3.63) is 44.6 Å². The van der Waals surface area contributed by atoms with Gasteiger partial charge in [0.25, 0.3) is 0 Å². The molecule has 6 heteroatoms. The largest absolute Gasteiger partial charge is 0.488 e. The zero-order chi connectivity index (χ0) is 14.7. The van der Waals surface area contributed by atoms with E-state index in [0.29, 0.717) is 18.3 Å². The zero-order valence-electron chi connectivity index (χ0n) is 11.5. The minimum Gasteiger partial charge on any atom is -0.488 e. The highest BCUT2D eigenvalue weighted by Crippen LogP contribution is 2.28. The van der Waals surface area contributed by atoms with Crippen LogP contribution in [0.3, 0.4) is 0 Å². The molecule has 0 atom stereocenters. The fourth-order valence-corrected chi connectivity index (χ4v) is 2.74. The Morgan fingerprint density at radius 1 is 1.45 bits per heavy atom. The van der Waals surface area contributed by atoms with Gasteiger partial charge in [0.2, 0.25) is 0 Å². The summed E-state index contributed by atoms with van der Waals surface area (Å²) >= 11 is 9.69. The van der Waals surface area contributed by atoms with Crippen LogP contribution in [-0.4, -0.2) is 16.3 Å². The summed E-state index contributed by atoms with van der Waals surface area (Å²) in [6.07, 6.45) is 0.854. The van der Waals surface area contributed by atoms with Gasteiger partial charge in [-0.1, -0.05) is 17.7 Å². The van der Waals surface area contributed by atoms with Gasteiger partial charge in [0.1, 0.15) is 17.5 Å². The lowest BCUT2D eigenvalue weighted by atomic mass is 10.1. The number of ether oxygens (including phenoxy) is 1. The van der Waals surface area contributed by atoms with Crippen LogP contribution >= 0.6 is 27.5 Å². The Morgan fingerprint density at radius 2 is 2.20 bits per heavy atom. The molecule has 4 nitrogen and oxygen atoms in total. The summed E-state index contributed by atoms with van der Waals surface area (Å²) in [5.41, 5.74) is 8.52. The Labute approximate surface area is 132 Å². The van der Waals surface area contributed by atoms with Crippen LogP contribution < -0.4 is 10.5 Å². The van der Waals surface area contributed by atoms with E-state index in [0.717, 1.165) is 27.9 Å². The first kappa shape index (κ1) is 15.4. The Kier molecular flexibility index (Phi) is 5.07. The summed E-state index contributed by atoms with van der Waals surface area (Å²) < 4.78 is 8.38. The van der Waals surface area contributed by atoms with Crippen molar-refractivity contribution in [2.24, 2.45) is 12.8 Å². The maximum Gasteiger partial charge on any atom is 0.134 e. The van der Waals surface area contributed by atoms with Crippen molar-refractivity contribution in [3.63, 3.8) is 0 Å². The van der Waals surface area contributed by atoms with Crippen LogP contribution in [0, 0.1) is 6.92 Å².